The maximum absolute atomic E-state index is 13.2. The van der Waals surface area contributed by atoms with Crippen molar-refractivity contribution in [3.8, 4) is 0 Å². The average molecular weight is 295 g/mol. The Labute approximate surface area is 124 Å². The van der Waals surface area contributed by atoms with Gasteiger partial charge in [0.25, 0.3) is 0 Å². The molecule has 0 fully saturated rings. The summed E-state index contributed by atoms with van der Waals surface area (Å²) in [6.07, 6.45) is 1.02. The predicted octanol–water partition coefficient (Wildman–Crippen LogP) is 3.28. The van der Waals surface area contributed by atoms with Crippen LogP contribution in [0.2, 0.25) is 0 Å². The van der Waals surface area contributed by atoms with Crippen LogP contribution >= 0.6 is 0 Å². The number of fused-ring (bicyclic) bond motifs is 1. The normalized spacial score (nSPS) is 12.9. The first-order valence-electron chi connectivity index (χ1n) is 7.23. The van der Waals surface area contributed by atoms with E-state index >= 15 is 0 Å². The number of benzene rings is 1. The van der Waals surface area contributed by atoms with Gasteiger partial charge in [0.1, 0.15) is 17.2 Å². The summed E-state index contributed by atoms with van der Waals surface area (Å²) in [7, 11) is 1.64. The van der Waals surface area contributed by atoms with Gasteiger partial charge in [0.05, 0.1) is 25.9 Å². The highest BCUT2D eigenvalue weighted by Crippen LogP contribution is 2.25. The van der Waals surface area contributed by atoms with Crippen LogP contribution in [0.5, 0.6) is 0 Å². The maximum atomic E-state index is 13.2. The third-order valence-corrected chi connectivity index (χ3v) is 3.20. The molecule has 0 radical (unpaired) electrons. The topological polar surface area (TPSA) is 43.6 Å². The Kier molecular flexibility index (Phi) is 6.17. The van der Waals surface area contributed by atoms with Gasteiger partial charge in [-0.05, 0) is 37.2 Å². The van der Waals surface area contributed by atoms with E-state index < -0.39 is 0 Å². The molecule has 0 bridgehead atoms. The molecule has 0 amide bonds. The summed E-state index contributed by atoms with van der Waals surface area (Å²) in [5.41, 5.74) is 0.687. The van der Waals surface area contributed by atoms with Gasteiger partial charge in [0, 0.05) is 12.5 Å². The molecule has 1 unspecified atom stereocenters. The van der Waals surface area contributed by atoms with Crippen molar-refractivity contribution in [1.29, 1.82) is 0 Å². The van der Waals surface area contributed by atoms with Crippen molar-refractivity contribution in [1.82, 2.24) is 5.32 Å². The van der Waals surface area contributed by atoms with Gasteiger partial charge in [0.2, 0.25) is 0 Å². The predicted molar refractivity (Wildman–Crippen MR) is 79.9 cm³/mol. The van der Waals surface area contributed by atoms with Crippen LogP contribution in [0.15, 0.2) is 28.7 Å². The van der Waals surface area contributed by atoms with Crippen LogP contribution in [0.4, 0.5) is 4.39 Å². The minimum absolute atomic E-state index is 0.0442. The summed E-state index contributed by atoms with van der Waals surface area (Å²) >= 11 is 0. The van der Waals surface area contributed by atoms with E-state index in [4.69, 9.17) is 13.9 Å². The smallest absolute Gasteiger partial charge is 0.134 e. The van der Waals surface area contributed by atoms with E-state index in [9.17, 15) is 4.39 Å². The summed E-state index contributed by atoms with van der Waals surface area (Å²) in [5, 5.41) is 4.15. The second-order valence-electron chi connectivity index (χ2n) is 4.91. The van der Waals surface area contributed by atoms with Crippen molar-refractivity contribution in [2.24, 2.45) is 0 Å². The van der Waals surface area contributed by atoms with Gasteiger partial charge in [-0.1, -0.05) is 6.92 Å². The Morgan fingerprint density at radius 3 is 2.90 bits per heavy atom. The molecule has 1 aromatic carbocycles. The number of ether oxygens (including phenoxy) is 2. The first-order chi connectivity index (χ1) is 10.2. The third kappa shape index (κ3) is 4.52. The van der Waals surface area contributed by atoms with Crippen molar-refractivity contribution in [3.63, 3.8) is 0 Å². The standard InChI is InChI=1S/C16H22FNO3/c1-3-6-18-14(11-20-8-7-19-2)16-10-12-9-13(17)4-5-15(12)21-16/h4-5,9-10,14,18H,3,6-8,11H2,1-2H3. The monoisotopic (exact) mass is 295 g/mol. The molecule has 0 aliphatic carbocycles. The van der Waals surface area contributed by atoms with Gasteiger partial charge in [-0.25, -0.2) is 4.39 Å². The lowest BCUT2D eigenvalue weighted by Crippen LogP contribution is -2.26. The lowest BCUT2D eigenvalue weighted by atomic mass is 10.2. The van der Waals surface area contributed by atoms with E-state index in [0.717, 1.165) is 24.1 Å². The Morgan fingerprint density at radius 1 is 1.29 bits per heavy atom. The molecule has 116 valence electrons. The first-order valence-corrected chi connectivity index (χ1v) is 7.23. The lowest BCUT2D eigenvalue weighted by Gasteiger charge is -2.16. The Morgan fingerprint density at radius 2 is 2.14 bits per heavy atom. The molecular weight excluding hydrogens is 273 g/mol. The minimum Gasteiger partial charge on any atom is -0.459 e. The van der Waals surface area contributed by atoms with Crippen LogP contribution in [-0.2, 0) is 9.47 Å². The summed E-state index contributed by atoms with van der Waals surface area (Å²) in [5.74, 6) is 0.505. The Bertz CT molecular complexity index is 555. The molecule has 5 heteroatoms. The molecule has 1 heterocycles. The molecule has 2 rings (SSSR count). The summed E-state index contributed by atoms with van der Waals surface area (Å²) in [6.45, 7) is 4.56. The quantitative estimate of drug-likeness (QED) is 0.721. The largest absolute Gasteiger partial charge is 0.459 e. The number of hydrogen-bond donors (Lipinski definition) is 1. The zero-order valence-corrected chi connectivity index (χ0v) is 12.5. The van der Waals surface area contributed by atoms with Gasteiger partial charge in [-0.15, -0.1) is 0 Å². The molecule has 21 heavy (non-hydrogen) atoms. The molecule has 1 aromatic heterocycles. The Balaban J connectivity index is 2.09. The SMILES string of the molecule is CCCNC(COCCOC)c1cc2cc(F)ccc2o1. The first kappa shape index (κ1) is 15.9. The van der Waals surface area contributed by atoms with Crippen LogP contribution in [0.3, 0.4) is 0 Å². The highest BCUT2D eigenvalue weighted by molar-refractivity contribution is 5.78. The molecule has 0 spiro atoms. The van der Waals surface area contributed by atoms with Crippen LogP contribution in [-0.4, -0.2) is 33.5 Å². The number of methoxy groups -OCH3 is 1. The van der Waals surface area contributed by atoms with E-state index in [1.165, 1.54) is 12.1 Å². The minimum atomic E-state index is -0.260. The zero-order chi connectivity index (χ0) is 15.1. The van der Waals surface area contributed by atoms with Gasteiger partial charge in [-0.2, -0.15) is 0 Å². The molecule has 1 atom stereocenters. The highest BCUT2D eigenvalue weighted by atomic mass is 19.1. The average Bonchev–Trinajstić information content (AvgIpc) is 2.89. The third-order valence-electron chi connectivity index (χ3n) is 3.20. The molecule has 2 aromatic rings. The second-order valence-corrected chi connectivity index (χ2v) is 4.91. The number of hydrogen-bond acceptors (Lipinski definition) is 4. The lowest BCUT2D eigenvalue weighted by molar-refractivity contribution is 0.0557. The summed E-state index contributed by atoms with van der Waals surface area (Å²) in [4.78, 5) is 0. The van der Waals surface area contributed by atoms with E-state index in [1.54, 1.807) is 13.2 Å². The van der Waals surface area contributed by atoms with Gasteiger partial charge >= 0.3 is 0 Å². The van der Waals surface area contributed by atoms with E-state index in [2.05, 4.69) is 12.2 Å². The second kappa shape index (κ2) is 8.12. The number of nitrogens with one attached hydrogen (secondary N) is 1. The fraction of sp³-hybridized carbons (Fsp3) is 0.500. The van der Waals surface area contributed by atoms with E-state index in [1.807, 2.05) is 6.07 Å². The maximum Gasteiger partial charge on any atom is 0.134 e. The fourth-order valence-corrected chi connectivity index (χ4v) is 2.11. The number of furan rings is 1. The summed E-state index contributed by atoms with van der Waals surface area (Å²) in [6, 6.07) is 6.35. The Hall–Kier alpha value is -1.43. The molecule has 0 aliphatic rings. The van der Waals surface area contributed by atoms with E-state index in [-0.39, 0.29) is 11.9 Å². The molecular formula is C16H22FNO3. The summed E-state index contributed by atoms with van der Waals surface area (Å²) < 4.78 is 29.6. The van der Waals surface area contributed by atoms with Crippen molar-refractivity contribution in [2.45, 2.75) is 19.4 Å². The van der Waals surface area contributed by atoms with Crippen molar-refractivity contribution < 1.29 is 18.3 Å². The van der Waals surface area contributed by atoms with Crippen LogP contribution in [0.25, 0.3) is 11.0 Å². The molecule has 1 N–H and O–H groups in total. The highest BCUT2D eigenvalue weighted by Gasteiger charge is 2.16. The van der Waals surface area contributed by atoms with Crippen molar-refractivity contribution in [3.05, 3.63) is 35.8 Å². The van der Waals surface area contributed by atoms with Gasteiger partial charge in [0.15, 0.2) is 0 Å². The van der Waals surface area contributed by atoms with Gasteiger partial charge < -0.3 is 19.2 Å². The van der Waals surface area contributed by atoms with Crippen LogP contribution in [0, 0.1) is 5.82 Å². The van der Waals surface area contributed by atoms with Crippen molar-refractivity contribution >= 4 is 11.0 Å². The van der Waals surface area contributed by atoms with E-state index in [0.29, 0.717) is 25.4 Å². The molecule has 0 aliphatic heterocycles. The van der Waals surface area contributed by atoms with Crippen molar-refractivity contribution in [2.75, 3.05) is 33.5 Å². The molecule has 0 saturated heterocycles. The molecule has 4 nitrogen and oxygen atoms in total. The number of rotatable bonds is 9. The molecule has 0 saturated carbocycles. The fourth-order valence-electron chi connectivity index (χ4n) is 2.11. The van der Waals surface area contributed by atoms with Crippen LogP contribution < -0.4 is 5.32 Å². The van der Waals surface area contributed by atoms with Crippen LogP contribution in [0.1, 0.15) is 25.1 Å². The zero-order valence-electron chi connectivity index (χ0n) is 12.5. The van der Waals surface area contributed by atoms with Gasteiger partial charge in [-0.3, -0.25) is 0 Å². The number of halogens is 1.